The number of anilines is 1. The summed E-state index contributed by atoms with van der Waals surface area (Å²) in [5.41, 5.74) is 0.519. The number of esters is 1. The van der Waals surface area contributed by atoms with Crippen molar-refractivity contribution >= 4 is 27.6 Å². The van der Waals surface area contributed by atoms with E-state index in [1.807, 2.05) is 0 Å². The first-order valence-corrected chi connectivity index (χ1v) is 10.6. The van der Waals surface area contributed by atoms with Crippen LogP contribution in [-0.2, 0) is 19.6 Å². The first kappa shape index (κ1) is 20.8. The van der Waals surface area contributed by atoms with Gasteiger partial charge < -0.3 is 14.8 Å². The van der Waals surface area contributed by atoms with E-state index in [-0.39, 0.29) is 10.5 Å². The molecule has 0 unspecified atom stereocenters. The summed E-state index contributed by atoms with van der Waals surface area (Å²) in [7, 11) is -2.16. The molecular weight excluding hydrogens is 396 g/mol. The van der Waals surface area contributed by atoms with Crippen LogP contribution in [0.5, 0.6) is 5.75 Å². The molecule has 1 N–H and O–H groups in total. The minimum atomic E-state index is -3.64. The lowest BCUT2D eigenvalue weighted by molar-refractivity contribution is -0.119. The van der Waals surface area contributed by atoms with E-state index in [1.165, 1.54) is 35.7 Å². The number of ether oxygens (including phenoxy) is 2. The second-order valence-corrected chi connectivity index (χ2v) is 8.40. The Labute approximate surface area is 169 Å². The molecule has 8 nitrogen and oxygen atoms in total. The number of amides is 1. The van der Waals surface area contributed by atoms with E-state index in [1.54, 1.807) is 24.3 Å². The first-order chi connectivity index (χ1) is 13.9. The van der Waals surface area contributed by atoms with Crippen molar-refractivity contribution in [1.82, 2.24) is 4.31 Å². The van der Waals surface area contributed by atoms with Gasteiger partial charge in [-0.2, -0.15) is 4.31 Å². The zero-order valence-electron chi connectivity index (χ0n) is 16.0. The smallest absolute Gasteiger partial charge is 0.338 e. The number of carbonyl (C=O) groups is 2. The van der Waals surface area contributed by atoms with Crippen molar-refractivity contribution in [1.29, 1.82) is 0 Å². The Kier molecular flexibility index (Phi) is 6.50. The highest BCUT2D eigenvalue weighted by Crippen LogP contribution is 2.23. The Balaban J connectivity index is 1.63. The van der Waals surface area contributed by atoms with E-state index in [0.29, 0.717) is 24.5 Å². The third kappa shape index (κ3) is 4.93. The average molecular weight is 418 g/mol. The van der Waals surface area contributed by atoms with Crippen LogP contribution in [0.3, 0.4) is 0 Å². The van der Waals surface area contributed by atoms with Crippen LogP contribution in [0.2, 0.25) is 0 Å². The van der Waals surface area contributed by atoms with E-state index >= 15 is 0 Å². The zero-order chi connectivity index (χ0) is 20.9. The number of sulfonamides is 1. The third-order valence-electron chi connectivity index (χ3n) is 4.49. The lowest BCUT2D eigenvalue weighted by atomic mass is 10.2. The number of para-hydroxylation sites is 2. The molecular formula is C20H22N2O6S. The predicted molar refractivity (Wildman–Crippen MR) is 106 cm³/mol. The van der Waals surface area contributed by atoms with Gasteiger partial charge in [-0.1, -0.05) is 18.2 Å². The molecule has 0 bridgehead atoms. The maximum Gasteiger partial charge on any atom is 0.338 e. The van der Waals surface area contributed by atoms with Gasteiger partial charge in [0, 0.05) is 13.1 Å². The van der Waals surface area contributed by atoms with Gasteiger partial charge in [-0.15, -0.1) is 0 Å². The van der Waals surface area contributed by atoms with Crippen molar-refractivity contribution in [2.24, 2.45) is 0 Å². The van der Waals surface area contributed by atoms with Gasteiger partial charge in [0.15, 0.2) is 6.61 Å². The summed E-state index contributed by atoms with van der Waals surface area (Å²) in [5, 5.41) is 2.60. The molecule has 1 saturated heterocycles. The third-order valence-corrected chi connectivity index (χ3v) is 6.38. The highest BCUT2D eigenvalue weighted by molar-refractivity contribution is 7.89. The van der Waals surface area contributed by atoms with Crippen molar-refractivity contribution in [3.8, 4) is 5.75 Å². The molecule has 0 saturated carbocycles. The van der Waals surface area contributed by atoms with Crippen LogP contribution in [0.4, 0.5) is 5.69 Å². The minimum absolute atomic E-state index is 0.0346. The van der Waals surface area contributed by atoms with Crippen LogP contribution in [0.25, 0.3) is 0 Å². The fourth-order valence-corrected chi connectivity index (χ4v) is 4.57. The standard InChI is InChI=1S/C20H22N2O6S/c1-27-18-10-3-2-9-17(18)21-19(23)14-28-20(24)15-7-6-8-16(13-15)29(25,26)22-11-4-5-12-22/h2-3,6-10,13H,4-5,11-12,14H2,1H3,(H,21,23). The van der Waals surface area contributed by atoms with Crippen LogP contribution in [0.1, 0.15) is 23.2 Å². The Morgan fingerprint density at radius 3 is 2.52 bits per heavy atom. The summed E-state index contributed by atoms with van der Waals surface area (Å²) in [6.07, 6.45) is 1.64. The topological polar surface area (TPSA) is 102 Å². The molecule has 0 aromatic heterocycles. The molecule has 0 aliphatic carbocycles. The maximum absolute atomic E-state index is 12.6. The number of hydrogen-bond donors (Lipinski definition) is 1. The van der Waals surface area contributed by atoms with Crippen molar-refractivity contribution < 1.29 is 27.5 Å². The molecule has 1 heterocycles. The number of carbonyl (C=O) groups excluding carboxylic acids is 2. The van der Waals surface area contributed by atoms with Crippen molar-refractivity contribution in [3.05, 3.63) is 54.1 Å². The summed E-state index contributed by atoms with van der Waals surface area (Å²) in [6.45, 7) is 0.431. The second-order valence-electron chi connectivity index (χ2n) is 6.46. The van der Waals surface area contributed by atoms with Crippen LogP contribution in [0, 0.1) is 0 Å². The summed E-state index contributed by atoms with van der Waals surface area (Å²) in [5.74, 6) is -0.839. The van der Waals surface area contributed by atoms with Gasteiger partial charge in [-0.25, -0.2) is 13.2 Å². The number of rotatable bonds is 7. The summed E-state index contributed by atoms with van der Waals surface area (Å²) in [4.78, 5) is 24.4. The summed E-state index contributed by atoms with van der Waals surface area (Å²) < 4.78 is 36.8. The van der Waals surface area contributed by atoms with Crippen LogP contribution in [-0.4, -0.2) is 51.4 Å². The largest absolute Gasteiger partial charge is 0.495 e. The number of nitrogens with one attached hydrogen (secondary N) is 1. The van der Waals surface area contributed by atoms with E-state index < -0.39 is 28.5 Å². The van der Waals surface area contributed by atoms with Gasteiger partial charge >= 0.3 is 5.97 Å². The molecule has 29 heavy (non-hydrogen) atoms. The summed E-state index contributed by atoms with van der Waals surface area (Å²) >= 11 is 0. The van der Waals surface area contributed by atoms with Gasteiger partial charge in [-0.3, -0.25) is 4.79 Å². The van der Waals surface area contributed by atoms with Crippen LogP contribution in [0.15, 0.2) is 53.4 Å². The van der Waals surface area contributed by atoms with Crippen molar-refractivity contribution in [2.75, 3.05) is 32.1 Å². The van der Waals surface area contributed by atoms with Gasteiger partial charge in [0.2, 0.25) is 10.0 Å². The number of benzene rings is 2. The van der Waals surface area contributed by atoms with Gasteiger partial charge in [0.1, 0.15) is 5.75 Å². The zero-order valence-corrected chi connectivity index (χ0v) is 16.8. The van der Waals surface area contributed by atoms with E-state index in [9.17, 15) is 18.0 Å². The molecule has 1 aliphatic heterocycles. The Morgan fingerprint density at radius 2 is 1.79 bits per heavy atom. The SMILES string of the molecule is COc1ccccc1NC(=O)COC(=O)c1cccc(S(=O)(=O)N2CCCC2)c1. The average Bonchev–Trinajstić information content (AvgIpc) is 3.28. The number of nitrogens with zero attached hydrogens (tertiary/aromatic N) is 1. The van der Waals surface area contributed by atoms with Gasteiger partial charge in [-0.05, 0) is 43.2 Å². The Hall–Kier alpha value is -2.91. The van der Waals surface area contributed by atoms with Gasteiger partial charge in [0.05, 0.1) is 23.3 Å². The van der Waals surface area contributed by atoms with Crippen LogP contribution < -0.4 is 10.1 Å². The minimum Gasteiger partial charge on any atom is -0.495 e. The quantitative estimate of drug-likeness (QED) is 0.692. The lowest BCUT2D eigenvalue weighted by Crippen LogP contribution is -2.28. The second kappa shape index (κ2) is 9.06. The van der Waals surface area contributed by atoms with E-state index in [4.69, 9.17) is 9.47 Å². The molecule has 1 aliphatic rings. The fourth-order valence-electron chi connectivity index (χ4n) is 3.01. The fraction of sp³-hybridized carbons (Fsp3) is 0.300. The molecule has 3 rings (SSSR count). The molecule has 2 aromatic rings. The molecule has 1 fully saturated rings. The molecule has 0 atom stereocenters. The molecule has 9 heteroatoms. The Morgan fingerprint density at radius 1 is 1.07 bits per heavy atom. The summed E-state index contributed by atoms with van der Waals surface area (Å²) in [6, 6.07) is 12.5. The molecule has 1 amide bonds. The molecule has 2 aromatic carbocycles. The Bertz CT molecular complexity index is 1000. The predicted octanol–water partition coefficient (Wildman–Crippen LogP) is 2.28. The monoisotopic (exact) mass is 418 g/mol. The normalized spacial score (nSPS) is 14.4. The van der Waals surface area contributed by atoms with Gasteiger partial charge in [0.25, 0.3) is 5.91 Å². The first-order valence-electron chi connectivity index (χ1n) is 9.12. The van der Waals surface area contributed by atoms with Crippen molar-refractivity contribution in [3.63, 3.8) is 0 Å². The molecule has 0 radical (unpaired) electrons. The molecule has 154 valence electrons. The highest BCUT2D eigenvalue weighted by atomic mass is 32.2. The van der Waals surface area contributed by atoms with E-state index in [2.05, 4.69) is 5.32 Å². The lowest BCUT2D eigenvalue weighted by Gasteiger charge is -2.15. The maximum atomic E-state index is 12.6. The molecule has 0 spiro atoms. The highest BCUT2D eigenvalue weighted by Gasteiger charge is 2.27. The van der Waals surface area contributed by atoms with E-state index in [0.717, 1.165) is 12.8 Å². The number of methoxy groups -OCH3 is 1. The number of hydrogen-bond acceptors (Lipinski definition) is 6. The van der Waals surface area contributed by atoms with Crippen molar-refractivity contribution in [2.45, 2.75) is 17.7 Å². The van der Waals surface area contributed by atoms with Crippen LogP contribution >= 0.6 is 0 Å².